The summed E-state index contributed by atoms with van der Waals surface area (Å²) >= 11 is 4.29. The molecule has 2 nitrogen and oxygen atoms in total. The second kappa shape index (κ2) is 8.33. The largest absolute Gasteiger partial charge is 0.417 e. The van der Waals surface area contributed by atoms with Gasteiger partial charge in [0.05, 0.1) is 16.8 Å². The zero-order valence-corrected chi connectivity index (χ0v) is 16.5. The van der Waals surface area contributed by atoms with Gasteiger partial charge in [-0.1, -0.05) is 40.2 Å². The SMILES string of the molecule is N#Cc1c(C(F)(F)F)cc(-c2ccc(Br)cc2)nc1SCc1ccc(F)cc1. The highest BCUT2D eigenvalue weighted by Crippen LogP contribution is 2.38. The van der Waals surface area contributed by atoms with Gasteiger partial charge in [0.1, 0.15) is 16.9 Å². The quantitative estimate of drug-likeness (QED) is 0.312. The molecule has 0 amide bonds. The van der Waals surface area contributed by atoms with Gasteiger partial charge >= 0.3 is 6.18 Å². The second-order valence-corrected chi connectivity index (χ2v) is 7.65. The molecule has 0 atom stereocenters. The van der Waals surface area contributed by atoms with Gasteiger partial charge < -0.3 is 0 Å². The van der Waals surface area contributed by atoms with Crippen molar-refractivity contribution < 1.29 is 17.6 Å². The van der Waals surface area contributed by atoms with Crippen LogP contribution in [0, 0.1) is 17.1 Å². The first kappa shape index (κ1) is 20.4. The highest BCUT2D eigenvalue weighted by atomic mass is 79.9. The Bertz CT molecular complexity index is 1030. The van der Waals surface area contributed by atoms with Gasteiger partial charge in [-0.2, -0.15) is 18.4 Å². The molecule has 0 aliphatic carbocycles. The molecule has 1 heterocycles. The van der Waals surface area contributed by atoms with Crippen molar-refractivity contribution >= 4 is 27.7 Å². The summed E-state index contributed by atoms with van der Waals surface area (Å²) in [5.74, 6) is -0.149. The Hall–Kier alpha value is -2.37. The normalized spacial score (nSPS) is 11.3. The molecule has 0 saturated carbocycles. The predicted molar refractivity (Wildman–Crippen MR) is 103 cm³/mol. The zero-order valence-electron chi connectivity index (χ0n) is 14.1. The Morgan fingerprint density at radius 2 is 1.68 bits per heavy atom. The molecule has 0 bridgehead atoms. The maximum atomic E-state index is 13.5. The molecule has 2 aromatic carbocycles. The van der Waals surface area contributed by atoms with Crippen molar-refractivity contribution in [3.05, 3.63) is 81.6 Å². The highest BCUT2D eigenvalue weighted by Gasteiger charge is 2.36. The van der Waals surface area contributed by atoms with Crippen molar-refractivity contribution in [3.8, 4) is 17.3 Å². The van der Waals surface area contributed by atoms with Gasteiger partial charge in [-0.3, -0.25) is 0 Å². The average molecular weight is 467 g/mol. The Morgan fingerprint density at radius 1 is 1.04 bits per heavy atom. The Balaban J connectivity index is 2.05. The van der Waals surface area contributed by atoms with Crippen molar-refractivity contribution in [1.29, 1.82) is 5.26 Å². The van der Waals surface area contributed by atoms with Crippen LogP contribution in [-0.4, -0.2) is 4.98 Å². The van der Waals surface area contributed by atoms with Crippen LogP contribution < -0.4 is 0 Å². The van der Waals surface area contributed by atoms with E-state index >= 15 is 0 Å². The van der Waals surface area contributed by atoms with Crippen LogP contribution >= 0.6 is 27.7 Å². The smallest absolute Gasteiger partial charge is 0.240 e. The summed E-state index contributed by atoms with van der Waals surface area (Å²) in [7, 11) is 0. The number of rotatable bonds is 4. The number of thioether (sulfide) groups is 1. The molecule has 0 aliphatic heterocycles. The van der Waals surface area contributed by atoms with Crippen molar-refractivity contribution in [1.82, 2.24) is 4.98 Å². The van der Waals surface area contributed by atoms with Crippen LogP contribution in [0.4, 0.5) is 17.6 Å². The van der Waals surface area contributed by atoms with E-state index in [2.05, 4.69) is 20.9 Å². The number of hydrogen-bond acceptors (Lipinski definition) is 3. The van der Waals surface area contributed by atoms with Gasteiger partial charge in [0.15, 0.2) is 0 Å². The molecule has 3 aromatic rings. The molecule has 0 fully saturated rings. The molecule has 0 aliphatic rings. The van der Waals surface area contributed by atoms with Crippen LogP contribution in [0.15, 0.2) is 64.1 Å². The molecule has 8 heteroatoms. The minimum absolute atomic E-state index is 0.0143. The molecule has 3 rings (SSSR count). The van der Waals surface area contributed by atoms with E-state index in [9.17, 15) is 22.8 Å². The summed E-state index contributed by atoms with van der Waals surface area (Å²) in [6.07, 6.45) is -4.69. The number of benzene rings is 2. The van der Waals surface area contributed by atoms with Crippen LogP contribution in [0.2, 0.25) is 0 Å². The van der Waals surface area contributed by atoms with E-state index in [4.69, 9.17) is 0 Å². The third kappa shape index (κ3) is 4.72. The molecular weight excluding hydrogens is 456 g/mol. The van der Waals surface area contributed by atoms with Gasteiger partial charge in [-0.05, 0) is 35.9 Å². The minimum atomic E-state index is -4.69. The van der Waals surface area contributed by atoms with Crippen molar-refractivity contribution in [3.63, 3.8) is 0 Å². The summed E-state index contributed by atoms with van der Waals surface area (Å²) in [4.78, 5) is 4.30. The Labute approximate surface area is 171 Å². The number of pyridine rings is 1. The molecule has 0 spiro atoms. The van der Waals surface area contributed by atoms with Crippen molar-refractivity contribution in [2.45, 2.75) is 17.0 Å². The van der Waals surface area contributed by atoms with Gasteiger partial charge in [-0.25, -0.2) is 9.37 Å². The lowest BCUT2D eigenvalue weighted by Crippen LogP contribution is -2.10. The average Bonchev–Trinajstić information content (AvgIpc) is 2.66. The number of alkyl halides is 3. The standard InChI is InChI=1S/C20H11BrF4N2S/c21-14-5-3-13(4-6-14)18-9-17(20(23,24)25)16(10-26)19(27-18)28-11-12-1-7-15(22)8-2-12/h1-9H,11H2. The van der Waals surface area contributed by atoms with Crippen LogP contribution in [0.5, 0.6) is 0 Å². The first-order valence-corrected chi connectivity index (χ1v) is 9.71. The van der Waals surface area contributed by atoms with E-state index in [0.29, 0.717) is 11.1 Å². The van der Waals surface area contributed by atoms with Crippen LogP contribution in [-0.2, 0) is 11.9 Å². The molecule has 28 heavy (non-hydrogen) atoms. The van der Waals surface area contributed by atoms with Crippen molar-refractivity contribution in [2.75, 3.05) is 0 Å². The summed E-state index contributed by atoms with van der Waals surface area (Å²) in [5.41, 5.74) is -0.202. The fourth-order valence-electron chi connectivity index (χ4n) is 2.46. The van der Waals surface area contributed by atoms with E-state index < -0.39 is 23.1 Å². The number of hydrogen-bond donors (Lipinski definition) is 0. The molecule has 0 saturated heterocycles. The fraction of sp³-hybridized carbons (Fsp3) is 0.100. The lowest BCUT2D eigenvalue weighted by Gasteiger charge is -2.14. The highest BCUT2D eigenvalue weighted by molar-refractivity contribution is 9.10. The van der Waals surface area contributed by atoms with Crippen LogP contribution in [0.3, 0.4) is 0 Å². The molecule has 1 aromatic heterocycles. The topological polar surface area (TPSA) is 36.7 Å². The summed E-state index contributed by atoms with van der Waals surface area (Å²) in [5, 5.41) is 9.32. The van der Waals surface area contributed by atoms with Crippen LogP contribution in [0.25, 0.3) is 11.3 Å². The number of nitrogens with zero attached hydrogens (tertiary/aromatic N) is 2. The van der Waals surface area contributed by atoms with Gasteiger partial charge in [0, 0.05) is 15.8 Å². The lowest BCUT2D eigenvalue weighted by molar-refractivity contribution is -0.138. The number of nitriles is 1. The first-order valence-electron chi connectivity index (χ1n) is 7.93. The first-order chi connectivity index (χ1) is 13.3. The minimum Gasteiger partial charge on any atom is -0.240 e. The summed E-state index contributed by atoms with van der Waals surface area (Å²) in [6.45, 7) is 0. The van der Waals surface area contributed by atoms with Gasteiger partial charge in [-0.15, -0.1) is 11.8 Å². The maximum Gasteiger partial charge on any atom is 0.417 e. The predicted octanol–water partition coefficient (Wildman–Crippen LogP) is 6.83. The van der Waals surface area contributed by atoms with E-state index in [1.165, 1.54) is 24.3 Å². The maximum absolute atomic E-state index is 13.5. The number of aromatic nitrogens is 1. The third-order valence-electron chi connectivity index (χ3n) is 3.83. The van der Waals surface area contributed by atoms with E-state index in [-0.39, 0.29) is 16.5 Å². The number of halogens is 5. The van der Waals surface area contributed by atoms with Crippen molar-refractivity contribution in [2.24, 2.45) is 0 Å². The van der Waals surface area contributed by atoms with Gasteiger partial charge in [0.25, 0.3) is 0 Å². The third-order valence-corrected chi connectivity index (χ3v) is 5.41. The Morgan fingerprint density at radius 3 is 2.25 bits per heavy atom. The molecule has 0 radical (unpaired) electrons. The zero-order chi connectivity index (χ0) is 20.3. The summed E-state index contributed by atoms with van der Waals surface area (Å²) < 4.78 is 54.5. The monoisotopic (exact) mass is 466 g/mol. The Kier molecular flexibility index (Phi) is 6.06. The second-order valence-electron chi connectivity index (χ2n) is 5.77. The van der Waals surface area contributed by atoms with E-state index in [0.717, 1.165) is 22.3 Å². The van der Waals surface area contributed by atoms with E-state index in [1.54, 1.807) is 30.3 Å². The molecule has 0 unspecified atom stereocenters. The fourth-order valence-corrected chi connectivity index (χ4v) is 3.68. The lowest BCUT2D eigenvalue weighted by atomic mass is 10.1. The molecular formula is C20H11BrF4N2S. The van der Waals surface area contributed by atoms with E-state index in [1.807, 2.05) is 0 Å². The van der Waals surface area contributed by atoms with Crippen LogP contribution in [0.1, 0.15) is 16.7 Å². The molecule has 142 valence electrons. The van der Waals surface area contributed by atoms with Gasteiger partial charge in [0.2, 0.25) is 0 Å². The summed E-state index contributed by atoms with van der Waals surface area (Å²) in [6, 6.07) is 14.8. The molecule has 0 N–H and O–H groups in total.